The molecule has 0 aliphatic carbocycles. The molecule has 1 aliphatic rings. The highest BCUT2D eigenvalue weighted by Gasteiger charge is 2.25. The number of anilines is 1. The molecule has 0 radical (unpaired) electrons. The number of amides is 2. The normalized spacial score (nSPS) is 22.7. The molecule has 27 heavy (non-hydrogen) atoms. The minimum atomic E-state index is -0.297. The summed E-state index contributed by atoms with van der Waals surface area (Å²) in [6, 6.07) is 7.37. The Balaban J connectivity index is 1.79. The zero-order chi connectivity index (χ0) is 19.8. The summed E-state index contributed by atoms with van der Waals surface area (Å²) < 4.78 is 5.61. The molecule has 8 nitrogen and oxygen atoms in total. The predicted molar refractivity (Wildman–Crippen MR) is 109 cm³/mol. The first kappa shape index (κ1) is 21.4. The second-order valence-electron chi connectivity index (χ2n) is 7.50. The van der Waals surface area contributed by atoms with Crippen LogP contribution < -0.4 is 31.3 Å². The fourth-order valence-electron chi connectivity index (χ4n) is 2.90. The highest BCUT2D eigenvalue weighted by Crippen LogP contribution is 2.16. The van der Waals surface area contributed by atoms with Gasteiger partial charge in [0.05, 0.1) is 12.3 Å². The summed E-state index contributed by atoms with van der Waals surface area (Å²) in [6.45, 7) is 7.93. The zero-order valence-electron chi connectivity index (χ0n) is 17.0. The molecule has 3 atom stereocenters. The fourth-order valence-corrected chi connectivity index (χ4v) is 2.90. The number of likely N-dealkylation sites (N-methyl/N-ethyl adjacent to an activating group) is 1. The molecule has 0 bridgehead atoms. The van der Waals surface area contributed by atoms with Crippen molar-refractivity contribution in [2.75, 3.05) is 32.5 Å². The Labute approximate surface area is 162 Å². The lowest BCUT2D eigenvalue weighted by atomic mass is 10.1. The van der Waals surface area contributed by atoms with Crippen LogP contribution in [0.3, 0.4) is 0 Å². The maximum absolute atomic E-state index is 12.3. The van der Waals surface area contributed by atoms with Crippen molar-refractivity contribution in [1.82, 2.24) is 26.2 Å². The standard InChI is InChI=1S/C19H34N6O2/c1-13(2)27-16-8-6-15(7-9-16)22-19(26)24-18-21-14(3)12-17(23-18)20-10-11-25(4)5/h6-9,13-14,17-18,20-21,23H,10-12H2,1-5H3,(H2,22,24,26). The van der Waals surface area contributed by atoms with Crippen LogP contribution in [0.2, 0.25) is 0 Å². The summed E-state index contributed by atoms with van der Waals surface area (Å²) in [5, 5.41) is 16.0. The Bertz CT molecular complexity index is 578. The molecule has 0 aromatic heterocycles. The molecule has 2 rings (SSSR count). The van der Waals surface area contributed by atoms with Crippen molar-refractivity contribution in [2.24, 2.45) is 0 Å². The molecule has 0 saturated carbocycles. The van der Waals surface area contributed by atoms with Crippen LogP contribution in [-0.2, 0) is 0 Å². The maximum Gasteiger partial charge on any atom is 0.321 e. The van der Waals surface area contributed by atoms with Crippen molar-refractivity contribution in [3.63, 3.8) is 0 Å². The summed E-state index contributed by atoms with van der Waals surface area (Å²) in [5.41, 5.74) is 0.716. The predicted octanol–water partition coefficient (Wildman–Crippen LogP) is 1.33. The molecule has 152 valence electrons. The molecular formula is C19H34N6O2. The molecule has 2 amide bonds. The van der Waals surface area contributed by atoms with E-state index < -0.39 is 0 Å². The molecule has 1 aromatic carbocycles. The van der Waals surface area contributed by atoms with Crippen molar-refractivity contribution in [3.05, 3.63) is 24.3 Å². The monoisotopic (exact) mass is 378 g/mol. The molecule has 1 fully saturated rings. The number of rotatable bonds is 8. The van der Waals surface area contributed by atoms with Gasteiger partial charge in [0.25, 0.3) is 0 Å². The Morgan fingerprint density at radius 3 is 2.59 bits per heavy atom. The topological polar surface area (TPSA) is 89.7 Å². The van der Waals surface area contributed by atoms with E-state index in [0.717, 1.165) is 25.3 Å². The van der Waals surface area contributed by atoms with Gasteiger partial charge in [0.2, 0.25) is 0 Å². The summed E-state index contributed by atoms with van der Waals surface area (Å²) in [4.78, 5) is 14.4. The van der Waals surface area contributed by atoms with Crippen molar-refractivity contribution in [2.45, 2.75) is 51.8 Å². The summed E-state index contributed by atoms with van der Waals surface area (Å²) >= 11 is 0. The van der Waals surface area contributed by atoms with E-state index in [1.807, 2.05) is 38.1 Å². The highest BCUT2D eigenvalue weighted by atomic mass is 16.5. The van der Waals surface area contributed by atoms with Crippen LogP contribution in [0.25, 0.3) is 0 Å². The van der Waals surface area contributed by atoms with Gasteiger partial charge in [0, 0.05) is 24.8 Å². The van der Waals surface area contributed by atoms with Crippen LogP contribution in [0.15, 0.2) is 24.3 Å². The number of hydrogen-bond donors (Lipinski definition) is 5. The molecule has 1 saturated heterocycles. The first-order valence-electron chi connectivity index (χ1n) is 9.56. The molecule has 0 spiro atoms. The van der Waals surface area contributed by atoms with E-state index >= 15 is 0 Å². The number of ether oxygens (including phenoxy) is 1. The van der Waals surface area contributed by atoms with E-state index in [1.165, 1.54) is 0 Å². The SMILES string of the molecule is CC1CC(NCCN(C)C)NC(NC(=O)Nc2ccc(OC(C)C)cc2)N1. The third-order valence-corrected chi connectivity index (χ3v) is 4.12. The summed E-state index contributed by atoms with van der Waals surface area (Å²) in [5.74, 6) is 0.784. The highest BCUT2D eigenvalue weighted by molar-refractivity contribution is 5.89. The zero-order valence-corrected chi connectivity index (χ0v) is 17.0. The van der Waals surface area contributed by atoms with Gasteiger partial charge in [-0.1, -0.05) is 0 Å². The Morgan fingerprint density at radius 2 is 1.96 bits per heavy atom. The van der Waals surface area contributed by atoms with Crippen LogP contribution >= 0.6 is 0 Å². The van der Waals surface area contributed by atoms with Gasteiger partial charge < -0.3 is 25.6 Å². The minimum absolute atomic E-state index is 0.122. The van der Waals surface area contributed by atoms with E-state index in [2.05, 4.69) is 52.5 Å². The largest absolute Gasteiger partial charge is 0.491 e. The third kappa shape index (κ3) is 8.13. The Morgan fingerprint density at radius 1 is 1.26 bits per heavy atom. The number of nitrogens with one attached hydrogen (secondary N) is 5. The van der Waals surface area contributed by atoms with E-state index in [4.69, 9.17) is 4.74 Å². The number of hydrogen-bond acceptors (Lipinski definition) is 6. The van der Waals surface area contributed by atoms with Crippen LogP contribution in [0.5, 0.6) is 5.75 Å². The maximum atomic E-state index is 12.3. The molecule has 5 N–H and O–H groups in total. The minimum Gasteiger partial charge on any atom is -0.491 e. The van der Waals surface area contributed by atoms with E-state index in [1.54, 1.807) is 0 Å². The van der Waals surface area contributed by atoms with Gasteiger partial charge in [-0.15, -0.1) is 0 Å². The van der Waals surface area contributed by atoms with Gasteiger partial charge in [-0.2, -0.15) is 0 Å². The third-order valence-electron chi connectivity index (χ3n) is 4.12. The molecular weight excluding hydrogens is 344 g/mol. The average Bonchev–Trinajstić information content (AvgIpc) is 2.55. The van der Waals surface area contributed by atoms with Crippen molar-refractivity contribution in [3.8, 4) is 5.75 Å². The number of carbonyl (C=O) groups is 1. The molecule has 1 heterocycles. The lowest BCUT2D eigenvalue weighted by molar-refractivity contribution is 0.191. The summed E-state index contributed by atoms with van der Waals surface area (Å²) in [7, 11) is 4.10. The number of urea groups is 1. The van der Waals surface area contributed by atoms with Crippen LogP contribution in [0, 0.1) is 0 Å². The van der Waals surface area contributed by atoms with Crippen LogP contribution in [0.4, 0.5) is 10.5 Å². The van der Waals surface area contributed by atoms with E-state index in [9.17, 15) is 4.79 Å². The molecule has 1 aliphatic heterocycles. The van der Waals surface area contributed by atoms with Crippen molar-refractivity contribution >= 4 is 11.7 Å². The second-order valence-corrected chi connectivity index (χ2v) is 7.50. The quantitative estimate of drug-likeness (QED) is 0.469. The smallest absolute Gasteiger partial charge is 0.321 e. The lowest BCUT2D eigenvalue weighted by Gasteiger charge is -2.37. The Hall–Kier alpha value is -1.87. The number of benzene rings is 1. The van der Waals surface area contributed by atoms with E-state index in [-0.39, 0.29) is 24.6 Å². The second kappa shape index (κ2) is 10.5. The number of nitrogens with zero attached hydrogens (tertiary/aromatic N) is 1. The first-order valence-corrected chi connectivity index (χ1v) is 9.56. The van der Waals surface area contributed by atoms with Crippen LogP contribution in [0.1, 0.15) is 27.2 Å². The first-order chi connectivity index (χ1) is 12.8. The average molecular weight is 379 g/mol. The Kier molecular flexibility index (Phi) is 8.30. The van der Waals surface area contributed by atoms with Gasteiger partial charge in [-0.25, -0.2) is 4.79 Å². The number of carbonyl (C=O) groups excluding carboxylic acids is 1. The van der Waals surface area contributed by atoms with Gasteiger partial charge in [0.15, 0.2) is 0 Å². The van der Waals surface area contributed by atoms with Gasteiger partial charge in [-0.3, -0.25) is 10.6 Å². The van der Waals surface area contributed by atoms with Crippen LogP contribution in [-0.4, -0.2) is 62.7 Å². The molecule has 3 unspecified atom stereocenters. The van der Waals surface area contributed by atoms with Crippen molar-refractivity contribution in [1.29, 1.82) is 0 Å². The van der Waals surface area contributed by atoms with Gasteiger partial charge >= 0.3 is 6.03 Å². The molecule has 8 heteroatoms. The van der Waals surface area contributed by atoms with Crippen molar-refractivity contribution < 1.29 is 9.53 Å². The van der Waals surface area contributed by atoms with Gasteiger partial charge in [0.1, 0.15) is 12.0 Å². The fraction of sp³-hybridized carbons (Fsp3) is 0.632. The molecule has 1 aromatic rings. The lowest BCUT2D eigenvalue weighted by Crippen LogP contribution is -2.68. The van der Waals surface area contributed by atoms with E-state index in [0.29, 0.717) is 11.7 Å². The van der Waals surface area contributed by atoms with Gasteiger partial charge in [-0.05, 0) is 65.6 Å². The summed E-state index contributed by atoms with van der Waals surface area (Å²) in [6.07, 6.45) is 0.926.